The SMILES string of the molecule is CC(C)[C@@H]1CC[C@@H](C)C[C@H]1O[C@H]1OC(=O)[C@H]2N=NC[C@@]12S(=O)(=O)c1ccccc1. The van der Waals surface area contributed by atoms with E-state index in [0.29, 0.717) is 11.8 Å². The number of carbonyl (C=O) groups excluding carboxylic acids is 1. The van der Waals surface area contributed by atoms with Gasteiger partial charge in [-0.15, -0.1) is 0 Å². The van der Waals surface area contributed by atoms with E-state index in [-0.39, 0.29) is 23.5 Å². The summed E-state index contributed by atoms with van der Waals surface area (Å²) in [6, 6.07) is 6.94. The molecule has 2 fully saturated rings. The summed E-state index contributed by atoms with van der Waals surface area (Å²) in [6.07, 6.45) is 1.57. The Balaban J connectivity index is 1.72. The number of carbonyl (C=O) groups is 1. The molecule has 2 aliphatic heterocycles. The molecule has 0 N–H and O–H groups in total. The van der Waals surface area contributed by atoms with Crippen molar-refractivity contribution in [2.24, 2.45) is 28.0 Å². The van der Waals surface area contributed by atoms with Gasteiger partial charge in [-0.05, 0) is 42.7 Å². The first-order valence-corrected chi connectivity index (χ1v) is 11.8. The normalized spacial score (nSPS) is 37.0. The molecule has 0 radical (unpaired) electrons. The lowest BCUT2D eigenvalue weighted by Crippen LogP contribution is -2.56. The zero-order valence-electron chi connectivity index (χ0n) is 17.0. The van der Waals surface area contributed by atoms with E-state index >= 15 is 0 Å². The van der Waals surface area contributed by atoms with Crippen LogP contribution in [0, 0.1) is 17.8 Å². The molecule has 2 heterocycles. The van der Waals surface area contributed by atoms with Gasteiger partial charge in [0.15, 0.2) is 20.6 Å². The minimum absolute atomic E-state index is 0.127. The van der Waals surface area contributed by atoms with Crippen LogP contribution in [0.25, 0.3) is 0 Å². The minimum atomic E-state index is -3.98. The van der Waals surface area contributed by atoms with Crippen LogP contribution in [0.2, 0.25) is 0 Å². The summed E-state index contributed by atoms with van der Waals surface area (Å²) in [5.41, 5.74) is 0. The van der Waals surface area contributed by atoms with E-state index in [1.54, 1.807) is 18.2 Å². The van der Waals surface area contributed by atoms with Crippen molar-refractivity contribution in [3.63, 3.8) is 0 Å². The Hall–Kier alpha value is -1.80. The first kappa shape index (κ1) is 20.5. The molecule has 0 aromatic heterocycles. The van der Waals surface area contributed by atoms with Crippen LogP contribution in [0.5, 0.6) is 0 Å². The third-order valence-electron chi connectivity index (χ3n) is 6.64. The predicted molar refractivity (Wildman–Crippen MR) is 106 cm³/mol. The van der Waals surface area contributed by atoms with Crippen LogP contribution in [-0.2, 0) is 24.1 Å². The van der Waals surface area contributed by atoms with Crippen LogP contribution in [0.3, 0.4) is 0 Å². The van der Waals surface area contributed by atoms with E-state index in [1.807, 2.05) is 0 Å². The maximum atomic E-state index is 13.7. The zero-order valence-corrected chi connectivity index (χ0v) is 17.8. The van der Waals surface area contributed by atoms with Crippen molar-refractivity contribution in [1.29, 1.82) is 0 Å². The number of hydrogen-bond acceptors (Lipinski definition) is 7. The lowest BCUT2D eigenvalue weighted by molar-refractivity contribution is -0.192. The molecule has 0 amide bonds. The molecule has 0 unspecified atom stereocenters. The van der Waals surface area contributed by atoms with Gasteiger partial charge in [0.25, 0.3) is 0 Å². The zero-order chi connectivity index (χ0) is 20.8. The first-order valence-electron chi connectivity index (χ1n) is 10.3. The highest BCUT2D eigenvalue weighted by Crippen LogP contribution is 2.46. The fraction of sp³-hybridized carbons (Fsp3) is 0.667. The standard InChI is InChI=1S/C21H28N2O5S/c1-13(2)16-10-9-14(3)11-17(16)27-20-21(12-22-23-18(21)19(24)28-20)29(25,26)15-7-5-4-6-8-15/h4-8,13-14,16-18,20H,9-12H2,1-3H3/t14-,16+,17-,18-,20+,21+/m1/s1. The number of benzene rings is 1. The molecule has 7 nitrogen and oxygen atoms in total. The van der Waals surface area contributed by atoms with Crippen molar-refractivity contribution in [3.8, 4) is 0 Å². The lowest BCUT2D eigenvalue weighted by Gasteiger charge is -2.40. The molecule has 4 rings (SSSR count). The van der Waals surface area contributed by atoms with Gasteiger partial charge < -0.3 is 9.47 Å². The Morgan fingerprint density at radius 3 is 2.62 bits per heavy atom. The van der Waals surface area contributed by atoms with E-state index < -0.39 is 32.9 Å². The largest absolute Gasteiger partial charge is 0.432 e. The molecule has 0 spiro atoms. The van der Waals surface area contributed by atoms with Gasteiger partial charge in [0, 0.05) is 0 Å². The average molecular weight is 421 g/mol. The van der Waals surface area contributed by atoms with Gasteiger partial charge in [-0.3, -0.25) is 0 Å². The second-order valence-electron chi connectivity index (χ2n) is 8.86. The number of ether oxygens (including phenoxy) is 2. The van der Waals surface area contributed by atoms with Crippen LogP contribution >= 0.6 is 0 Å². The molecule has 158 valence electrons. The first-order chi connectivity index (χ1) is 13.8. The molecule has 1 aromatic rings. The second-order valence-corrected chi connectivity index (χ2v) is 11.1. The van der Waals surface area contributed by atoms with Crippen LogP contribution in [-0.4, -0.2) is 44.1 Å². The number of azo groups is 1. The number of fused-ring (bicyclic) bond motifs is 1. The molecular weight excluding hydrogens is 392 g/mol. The van der Waals surface area contributed by atoms with Gasteiger partial charge in [0.1, 0.15) is 0 Å². The number of nitrogens with zero attached hydrogens (tertiary/aromatic N) is 2. The summed E-state index contributed by atoms with van der Waals surface area (Å²) in [6.45, 7) is 6.33. The van der Waals surface area contributed by atoms with Gasteiger partial charge in [0.05, 0.1) is 17.5 Å². The van der Waals surface area contributed by atoms with E-state index in [1.165, 1.54) is 12.1 Å². The maximum Gasteiger partial charge on any atom is 0.337 e. The predicted octanol–water partition coefficient (Wildman–Crippen LogP) is 3.39. The Morgan fingerprint density at radius 2 is 1.93 bits per heavy atom. The quantitative estimate of drug-likeness (QED) is 0.681. The second kappa shape index (κ2) is 7.47. The van der Waals surface area contributed by atoms with Crippen molar-refractivity contribution >= 4 is 15.8 Å². The number of sulfone groups is 1. The number of cyclic esters (lactones) is 1. The number of esters is 1. The smallest absolute Gasteiger partial charge is 0.337 e. The number of hydrogen-bond donors (Lipinski definition) is 0. The van der Waals surface area contributed by atoms with Gasteiger partial charge in [-0.2, -0.15) is 10.2 Å². The molecule has 29 heavy (non-hydrogen) atoms. The maximum absolute atomic E-state index is 13.7. The van der Waals surface area contributed by atoms with E-state index in [9.17, 15) is 13.2 Å². The molecule has 3 aliphatic rings. The Kier molecular flexibility index (Phi) is 5.27. The van der Waals surface area contributed by atoms with Crippen LogP contribution in [0.4, 0.5) is 0 Å². The molecule has 6 atom stereocenters. The molecule has 1 aliphatic carbocycles. The van der Waals surface area contributed by atoms with Crippen molar-refractivity contribution in [2.45, 2.75) is 68.1 Å². The Bertz CT molecular complexity index is 901. The fourth-order valence-electron chi connectivity index (χ4n) is 4.89. The third-order valence-corrected chi connectivity index (χ3v) is 9.07. The summed E-state index contributed by atoms with van der Waals surface area (Å²) in [4.78, 5) is 12.7. The Labute approximate surface area is 171 Å². The molecule has 8 heteroatoms. The van der Waals surface area contributed by atoms with Gasteiger partial charge in [-0.1, -0.05) is 45.4 Å². The summed E-state index contributed by atoms with van der Waals surface area (Å²) >= 11 is 0. The average Bonchev–Trinajstić information content (AvgIpc) is 3.24. The van der Waals surface area contributed by atoms with E-state index in [0.717, 1.165) is 19.3 Å². The number of rotatable bonds is 5. The highest BCUT2D eigenvalue weighted by molar-refractivity contribution is 7.93. The molecule has 1 saturated carbocycles. The van der Waals surface area contributed by atoms with E-state index in [2.05, 4.69) is 31.0 Å². The van der Waals surface area contributed by atoms with Crippen LogP contribution in [0.15, 0.2) is 45.5 Å². The van der Waals surface area contributed by atoms with E-state index in [4.69, 9.17) is 9.47 Å². The summed E-state index contributed by atoms with van der Waals surface area (Å²) in [7, 11) is -3.98. The highest BCUT2D eigenvalue weighted by atomic mass is 32.2. The summed E-state index contributed by atoms with van der Waals surface area (Å²) in [5.74, 6) is 0.471. The lowest BCUT2D eigenvalue weighted by atomic mass is 9.75. The molecular formula is C21H28N2O5S. The topological polar surface area (TPSA) is 94.4 Å². The van der Waals surface area contributed by atoms with Gasteiger partial charge >= 0.3 is 5.97 Å². The van der Waals surface area contributed by atoms with Gasteiger partial charge in [-0.25, -0.2) is 13.2 Å². The van der Waals surface area contributed by atoms with Crippen molar-refractivity contribution in [1.82, 2.24) is 0 Å². The van der Waals surface area contributed by atoms with Crippen molar-refractivity contribution < 1.29 is 22.7 Å². The third kappa shape index (κ3) is 3.20. The van der Waals surface area contributed by atoms with Crippen LogP contribution in [0.1, 0.15) is 40.0 Å². The fourth-order valence-corrected chi connectivity index (χ4v) is 6.86. The summed E-state index contributed by atoms with van der Waals surface area (Å²) in [5, 5.41) is 7.91. The molecule has 0 bridgehead atoms. The van der Waals surface area contributed by atoms with Crippen molar-refractivity contribution in [3.05, 3.63) is 30.3 Å². The van der Waals surface area contributed by atoms with Crippen LogP contribution < -0.4 is 0 Å². The molecule has 1 saturated heterocycles. The van der Waals surface area contributed by atoms with Gasteiger partial charge in [0.2, 0.25) is 6.29 Å². The Morgan fingerprint density at radius 1 is 1.21 bits per heavy atom. The highest BCUT2D eigenvalue weighted by Gasteiger charge is 2.70. The summed E-state index contributed by atoms with van der Waals surface area (Å²) < 4.78 is 37.6. The molecule has 1 aromatic carbocycles. The minimum Gasteiger partial charge on any atom is -0.432 e. The monoisotopic (exact) mass is 420 g/mol. The van der Waals surface area contributed by atoms with Crippen molar-refractivity contribution in [2.75, 3.05) is 6.54 Å².